The molecule has 0 saturated carbocycles. The van der Waals surface area contributed by atoms with Crippen LogP contribution >= 0.6 is 11.6 Å². The number of hydrogen-bond donors (Lipinski definition) is 1. The lowest BCUT2D eigenvalue weighted by Gasteiger charge is -2.17. The number of carbonyl (C=O) groups is 2. The predicted molar refractivity (Wildman–Crippen MR) is 43.6 cm³/mol. The van der Waals surface area contributed by atoms with Crippen molar-refractivity contribution in [3.05, 3.63) is 12.7 Å². The summed E-state index contributed by atoms with van der Waals surface area (Å²) in [5, 5.41) is 0. The lowest BCUT2D eigenvalue weighted by atomic mass is 9.99. The van der Waals surface area contributed by atoms with Gasteiger partial charge in [-0.3, -0.25) is 9.59 Å². The highest BCUT2D eigenvalue weighted by Gasteiger charge is 2.40. The van der Waals surface area contributed by atoms with E-state index in [0.29, 0.717) is 0 Å². The van der Waals surface area contributed by atoms with Crippen LogP contribution < -0.4 is 5.73 Å². The number of allylic oxidation sites excluding steroid dienone is 1. The molecule has 1 unspecified atom stereocenters. The number of rotatable bonds is 5. The van der Waals surface area contributed by atoms with Gasteiger partial charge in [-0.25, -0.2) is 4.39 Å². The van der Waals surface area contributed by atoms with Gasteiger partial charge in [0.1, 0.15) is 0 Å². The highest BCUT2D eigenvalue weighted by atomic mass is 35.5. The maximum Gasteiger partial charge on any atom is 0.246 e. The van der Waals surface area contributed by atoms with Gasteiger partial charge in [0.15, 0.2) is 17.3 Å². The molecule has 1 atom stereocenters. The summed E-state index contributed by atoms with van der Waals surface area (Å²) in [7, 11) is 0. The molecule has 3 nitrogen and oxygen atoms in total. The molecule has 0 heterocycles. The van der Waals surface area contributed by atoms with Crippen LogP contribution in [0, 0.1) is 0 Å². The highest BCUT2D eigenvalue weighted by molar-refractivity contribution is 6.46. The molecule has 2 N–H and O–H groups in total. The summed E-state index contributed by atoms with van der Waals surface area (Å²) in [5.74, 6) is -2.08. The molecule has 0 spiro atoms. The van der Waals surface area contributed by atoms with Crippen molar-refractivity contribution in [1.82, 2.24) is 0 Å². The van der Waals surface area contributed by atoms with Crippen LogP contribution in [-0.4, -0.2) is 23.2 Å². The molecular weight excluding hydrogens is 185 g/mol. The highest BCUT2D eigenvalue weighted by Crippen LogP contribution is 2.21. The molecule has 0 rings (SSSR count). The number of carbonyl (C=O) groups excluding carboxylic acids is 2. The summed E-state index contributed by atoms with van der Waals surface area (Å²) in [5.41, 5.74) is 4.83. The van der Waals surface area contributed by atoms with Crippen molar-refractivity contribution in [3.8, 4) is 0 Å². The monoisotopic (exact) mass is 193 g/mol. The average molecular weight is 194 g/mol. The normalized spacial score (nSPS) is 14.8. The van der Waals surface area contributed by atoms with E-state index in [2.05, 4.69) is 6.58 Å². The summed E-state index contributed by atoms with van der Waals surface area (Å²) in [6.45, 7) is 1.97. The number of alkyl halides is 2. The molecule has 0 saturated heterocycles. The maximum atomic E-state index is 11.9. The molecule has 0 bridgehead atoms. The molecule has 12 heavy (non-hydrogen) atoms. The third-order valence-corrected chi connectivity index (χ3v) is 1.93. The Labute approximate surface area is 74.4 Å². The first-order valence-electron chi connectivity index (χ1n) is 3.18. The Morgan fingerprint density at radius 3 is 2.42 bits per heavy atom. The molecule has 0 aliphatic heterocycles. The van der Waals surface area contributed by atoms with Crippen LogP contribution in [0.2, 0.25) is 0 Å². The Morgan fingerprint density at radius 1 is 1.67 bits per heavy atom. The Balaban J connectivity index is 4.72. The summed E-state index contributed by atoms with van der Waals surface area (Å²) in [6, 6.07) is 0. The van der Waals surface area contributed by atoms with Crippen LogP contribution in [0.1, 0.15) is 6.42 Å². The van der Waals surface area contributed by atoms with Crippen LogP contribution in [0.25, 0.3) is 0 Å². The molecule has 0 fully saturated rings. The number of Topliss-reactive ketones (excluding diaryl/α,β-unsaturated/α-hetero) is 1. The predicted octanol–water partition coefficient (Wildman–Crippen LogP) is 0.564. The number of halogens is 2. The minimum absolute atomic E-state index is 0.160. The average Bonchev–Trinajstić information content (AvgIpc) is 2.03. The van der Waals surface area contributed by atoms with Crippen molar-refractivity contribution in [3.63, 3.8) is 0 Å². The minimum Gasteiger partial charge on any atom is -0.368 e. The first-order valence-corrected chi connectivity index (χ1v) is 3.55. The minimum atomic E-state index is -1.96. The van der Waals surface area contributed by atoms with Crippen molar-refractivity contribution in [2.45, 2.75) is 11.3 Å². The molecule has 0 aromatic rings. The number of hydrogen-bond acceptors (Lipinski definition) is 2. The number of amides is 1. The summed E-state index contributed by atoms with van der Waals surface area (Å²) in [4.78, 5) is 19.5. The molecule has 0 aromatic heterocycles. The molecule has 5 heteroatoms. The molecular formula is C7H9ClFNO2. The van der Waals surface area contributed by atoms with Gasteiger partial charge in [0.25, 0.3) is 0 Å². The van der Waals surface area contributed by atoms with Gasteiger partial charge in [0, 0.05) is 6.42 Å². The number of ketones is 1. The summed E-state index contributed by atoms with van der Waals surface area (Å²) < 4.78 is 11.9. The Hall–Kier alpha value is -0.900. The van der Waals surface area contributed by atoms with E-state index in [1.807, 2.05) is 0 Å². The van der Waals surface area contributed by atoms with Crippen LogP contribution in [0.3, 0.4) is 0 Å². The third-order valence-electron chi connectivity index (χ3n) is 1.38. The maximum absolute atomic E-state index is 11.9. The van der Waals surface area contributed by atoms with Crippen LogP contribution in [-0.2, 0) is 9.59 Å². The van der Waals surface area contributed by atoms with E-state index < -0.39 is 23.2 Å². The van der Waals surface area contributed by atoms with Gasteiger partial charge in [0.2, 0.25) is 5.91 Å². The first kappa shape index (κ1) is 11.1. The SMILES string of the molecule is C=CCC(Cl)(C(N)=O)C(=O)CF. The van der Waals surface area contributed by atoms with Gasteiger partial charge in [0.05, 0.1) is 0 Å². The zero-order valence-corrected chi connectivity index (χ0v) is 7.10. The van der Waals surface area contributed by atoms with Crippen molar-refractivity contribution >= 4 is 23.3 Å². The van der Waals surface area contributed by atoms with Crippen LogP contribution in [0.4, 0.5) is 4.39 Å². The van der Waals surface area contributed by atoms with E-state index in [4.69, 9.17) is 17.3 Å². The summed E-state index contributed by atoms with van der Waals surface area (Å²) in [6.07, 6.45) is 1.08. The Bertz CT molecular complexity index is 219. The zero-order valence-electron chi connectivity index (χ0n) is 6.35. The quantitative estimate of drug-likeness (QED) is 0.394. The van der Waals surface area contributed by atoms with E-state index in [0.717, 1.165) is 0 Å². The largest absolute Gasteiger partial charge is 0.368 e. The van der Waals surface area contributed by atoms with Crippen molar-refractivity contribution in [2.75, 3.05) is 6.67 Å². The fraction of sp³-hybridized carbons (Fsp3) is 0.429. The Kier molecular flexibility index (Phi) is 3.89. The molecule has 0 aliphatic rings. The van der Waals surface area contributed by atoms with E-state index in [1.165, 1.54) is 6.08 Å². The molecule has 0 radical (unpaired) electrons. The second-order valence-corrected chi connectivity index (χ2v) is 2.86. The molecule has 0 aliphatic carbocycles. The fourth-order valence-electron chi connectivity index (χ4n) is 0.657. The van der Waals surface area contributed by atoms with Gasteiger partial charge in [-0.2, -0.15) is 0 Å². The van der Waals surface area contributed by atoms with E-state index >= 15 is 0 Å². The topological polar surface area (TPSA) is 60.2 Å². The molecule has 68 valence electrons. The standard InChI is InChI=1S/C7H9ClFNO2/c1-2-3-7(8,6(10)12)5(11)4-9/h2H,1,3-4H2,(H2,10,12). The molecule has 1 amide bonds. The van der Waals surface area contributed by atoms with E-state index in [-0.39, 0.29) is 6.42 Å². The van der Waals surface area contributed by atoms with Crippen LogP contribution in [0.15, 0.2) is 12.7 Å². The van der Waals surface area contributed by atoms with Crippen molar-refractivity contribution in [2.24, 2.45) is 5.73 Å². The van der Waals surface area contributed by atoms with Gasteiger partial charge < -0.3 is 5.73 Å². The van der Waals surface area contributed by atoms with E-state index in [1.54, 1.807) is 0 Å². The fourth-order valence-corrected chi connectivity index (χ4v) is 0.816. The Morgan fingerprint density at radius 2 is 2.17 bits per heavy atom. The first-order chi connectivity index (χ1) is 5.49. The summed E-state index contributed by atoms with van der Waals surface area (Å²) >= 11 is 5.49. The number of nitrogens with two attached hydrogens (primary N) is 1. The van der Waals surface area contributed by atoms with Gasteiger partial charge >= 0.3 is 0 Å². The van der Waals surface area contributed by atoms with Crippen molar-refractivity contribution < 1.29 is 14.0 Å². The van der Waals surface area contributed by atoms with E-state index in [9.17, 15) is 14.0 Å². The smallest absolute Gasteiger partial charge is 0.246 e. The second-order valence-electron chi connectivity index (χ2n) is 2.22. The van der Waals surface area contributed by atoms with Gasteiger partial charge in [-0.05, 0) is 0 Å². The lowest BCUT2D eigenvalue weighted by molar-refractivity contribution is -0.130. The number of primary amides is 1. The van der Waals surface area contributed by atoms with Gasteiger partial charge in [-0.1, -0.05) is 17.7 Å². The lowest BCUT2D eigenvalue weighted by Crippen LogP contribution is -2.46. The van der Waals surface area contributed by atoms with Gasteiger partial charge in [-0.15, -0.1) is 6.58 Å². The third kappa shape index (κ3) is 2.04. The van der Waals surface area contributed by atoms with Crippen molar-refractivity contribution in [1.29, 1.82) is 0 Å². The van der Waals surface area contributed by atoms with Crippen LogP contribution in [0.5, 0.6) is 0 Å². The zero-order chi connectivity index (χ0) is 9.78. The second kappa shape index (κ2) is 4.21. The molecule has 0 aromatic carbocycles.